The highest BCUT2D eigenvalue weighted by Gasteiger charge is 2.26. The summed E-state index contributed by atoms with van der Waals surface area (Å²) in [4.78, 5) is 11.0. The number of amides is 1. The quantitative estimate of drug-likeness (QED) is 0.432. The Balaban J connectivity index is 2.53. The van der Waals surface area contributed by atoms with Gasteiger partial charge in [-0.15, -0.1) is 6.58 Å². The van der Waals surface area contributed by atoms with Crippen molar-refractivity contribution in [3.8, 4) is 0 Å². The van der Waals surface area contributed by atoms with Crippen LogP contribution in [-0.4, -0.2) is 36.2 Å². The van der Waals surface area contributed by atoms with Gasteiger partial charge in [0.05, 0.1) is 6.10 Å². The molecule has 1 fully saturated rings. The first kappa shape index (κ1) is 8.23. The van der Waals surface area contributed by atoms with Crippen molar-refractivity contribution in [1.82, 2.24) is 10.6 Å². The lowest BCUT2D eigenvalue weighted by atomic mass is 10.1. The van der Waals surface area contributed by atoms with Gasteiger partial charge in [0.2, 0.25) is 5.91 Å². The molecule has 4 nitrogen and oxygen atoms in total. The van der Waals surface area contributed by atoms with Gasteiger partial charge in [-0.25, -0.2) is 0 Å². The van der Waals surface area contributed by atoms with Crippen LogP contribution in [0, 0.1) is 0 Å². The third kappa shape index (κ3) is 1.78. The van der Waals surface area contributed by atoms with Gasteiger partial charge in [0, 0.05) is 13.1 Å². The Morgan fingerprint density at radius 3 is 3.00 bits per heavy atom. The summed E-state index contributed by atoms with van der Waals surface area (Å²) in [6.45, 7) is 4.72. The first-order chi connectivity index (χ1) is 5.25. The fourth-order valence-electron chi connectivity index (χ4n) is 1.03. The molecule has 1 amide bonds. The molecule has 0 aromatic carbocycles. The summed E-state index contributed by atoms with van der Waals surface area (Å²) < 4.78 is 0. The number of hydrogen-bond donors (Lipinski definition) is 3. The van der Waals surface area contributed by atoms with E-state index in [2.05, 4.69) is 17.2 Å². The molecule has 0 saturated carbocycles. The molecule has 0 radical (unpaired) electrons. The van der Waals surface area contributed by atoms with Gasteiger partial charge in [-0.3, -0.25) is 4.79 Å². The Hall–Kier alpha value is -0.870. The van der Waals surface area contributed by atoms with E-state index in [-0.39, 0.29) is 5.91 Å². The van der Waals surface area contributed by atoms with Crippen molar-refractivity contribution in [2.75, 3.05) is 13.1 Å². The average molecular weight is 156 g/mol. The molecule has 62 valence electrons. The Bertz CT molecular complexity index is 170. The van der Waals surface area contributed by atoms with Gasteiger partial charge >= 0.3 is 0 Å². The van der Waals surface area contributed by atoms with E-state index in [4.69, 9.17) is 0 Å². The Labute approximate surface area is 65.3 Å². The predicted octanol–water partition coefficient (Wildman–Crippen LogP) is -1.38. The maximum atomic E-state index is 11.0. The number of nitrogens with one attached hydrogen (secondary N) is 2. The van der Waals surface area contributed by atoms with Gasteiger partial charge in [-0.1, -0.05) is 6.08 Å². The Morgan fingerprint density at radius 2 is 2.45 bits per heavy atom. The number of rotatable bonds is 2. The summed E-state index contributed by atoms with van der Waals surface area (Å²) in [5.41, 5.74) is 0. The molecule has 0 bridgehead atoms. The maximum Gasteiger partial charge on any atom is 0.240 e. The summed E-state index contributed by atoms with van der Waals surface area (Å²) in [6.07, 6.45) is 0.554. The minimum absolute atomic E-state index is 0.163. The monoisotopic (exact) mass is 156 g/mol. The van der Waals surface area contributed by atoms with Crippen molar-refractivity contribution in [3.05, 3.63) is 12.7 Å². The van der Waals surface area contributed by atoms with Crippen LogP contribution in [0.15, 0.2) is 12.7 Å². The van der Waals surface area contributed by atoms with Crippen molar-refractivity contribution in [1.29, 1.82) is 0 Å². The zero-order valence-electron chi connectivity index (χ0n) is 6.21. The van der Waals surface area contributed by atoms with Crippen LogP contribution in [-0.2, 0) is 4.79 Å². The van der Waals surface area contributed by atoms with E-state index < -0.39 is 12.1 Å². The van der Waals surface area contributed by atoms with Gasteiger partial charge in [0.1, 0.15) is 6.04 Å². The second-order valence-electron chi connectivity index (χ2n) is 2.45. The molecule has 2 unspecified atom stereocenters. The Morgan fingerprint density at radius 1 is 1.73 bits per heavy atom. The molecule has 3 N–H and O–H groups in total. The zero-order valence-corrected chi connectivity index (χ0v) is 6.21. The van der Waals surface area contributed by atoms with E-state index in [0.29, 0.717) is 13.1 Å². The molecule has 0 aliphatic carbocycles. The minimum Gasteiger partial charge on any atom is -0.387 e. The molecule has 2 atom stereocenters. The van der Waals surface area contributed by atoms with Crippen molar-refractivity contribution < 1.29 is 9.90 Å². The highest BCUT2D eigenvalue weighted by molar-refractivity contribution is 5.83. The standard InChI is InChI=1S/C7H12N2O2/c1-2-5(10)6-7(11)9-4-3-8-6/h2,5-6,8,10H,1,3-4H2,(H,9,11). The summed E-state index contributed by atoms with van der Waals surface area (Å²) in [5.74, 6) is -0.163. The topological polar surface area (TPSA) is 61.4 Å². The van der Waals surface area contributed by atoms with E-state index in [1.165, 1.54) is 6.08 Å². The number of aliphatic hydroxyl groups is 1. The molecule has 1 aliphatic rings. The fraction of sp³-hybridized carbons (Fsp3) is 0.571. The summed E-state index contributed by atoms with van der Waals surface area (Å²) >= 11 is 0. The summed E-state index contributed by atoms with van der Waals surface area (Å²) in [6, 6.07) is -0.527. The molecule has 0 aromatic heterocycles. The summed E-state index contributed by atoms with van der Waals surface area (Å²) in [5, 5.41) is 14.7. The van der Waals surface area contributed by atoms with E-state index >= 15 is 0 Å². The van der Waals surface area contributed by atoms with Crippen molar-refractivity contribution >= 4 is 5.91 Å². The first-order valence-electron chi connectivity index (χ1n) is 3.57. The molecule has 0 aromatic rings. The number of piperazine rings is 1. The second kappa shape index (κ2) is 3.50. The zero-order chi connectivity index (χ0) is 8.27. The number of hydrogen-bond acceptors (Lipinski definition) is 3. The van der Waals surface area contributed by atoms with Gasteiger partial charge in [0.25, 0.3) is 0 Å². The molecule has 1 heterocycles. The SMILES string of the molecule is C=CC(O)C1NCCNC1=O. The third-order valence-corrected chi connectivity index (χ3v) is 1.65. The van der Waals surface area contributed by atoms with Gasteiger partial charge in [0.15, 0.2) is 0 Å². The fourth-order valence-corrected chi connectivity index (χ4v) is 1.03. The van der Waals surface area contributed by atoms with E-state index in [0.717, 1.165) is 0 Å². The second-order valence-corrected chi connectivity index (χ2v) is 2.45. The van der Waals surface area contributed by atoms with Gasteiger partial charge in [-0.2, -0.15) is 0 Å². The largest absolute Gasteiger partial charge is 0.387 e. The molecule has 4 heteroatoms. The van der Waals surface area contributed by atoms with Crippen molar-refractivity contribution in [2.45, 2.75) is 12.1 Å². The predicted molar refractivity (Wildman–Crippen MR) is 41.0 cm³/mol. The molecule has 0 spiro atoms. The molecular formula is C7H12N2O2. The van der Waals surface area contributed by atoms with Crippen LogP contribution in [0.4, 0.5) is 0 Å². The van der Waals surface area contributed by atoms with Crippen LogP contribution < -0.4 is 10.6 Å². The van der Waals surface area contributed by atoms with E-state index in [9.17, 15) is 9.90 Å². The molecular weight excluding hydrogens is 144 g/mol. The summed E-state index contributed by atoms with van der Waals surface area (Å²) in [7, 11) is 0. The van der Waals surface area contributed by atoms with Crippen LogP contribution in [0.1, 0.15) is 0 Å². The molecule has 1 rings (SSSR count). The smallest absolute Gasteiger partial charge is 0.240 e. The Kier molecular flexibility index (Phi) is 2.62. The van der Waals surface area contributed by atoms with Crippen LogP contribution >= 0.6 is 0 Å². The van der Waals surface area contributed by atoms with Gasteiger partial charge in [-0.05, 0) is 0 Å². The molecule has 11 heavy (non-hydrogen) atoms. The van der Waals surface area contributed by atoms with E-state index in [1.807, 2.05) is 0 Å². The maximum absolute atomic E-state index is 11.0. The van der Waals surface area contributed by atoms with Crippen LogP contribution in [0.25, 0.3) is 0 Å². The van der Waals surface area contributed by atoms with E-state index in [1.54, 1.807) is 0 Å². The minimum atomic E-state index is -0.796. The number of carbonyl (C=O) groups is 1. The third-order valence-electron chi connectivity index (χ3n) is 1.65. The normalized spacial score (nSPS) is 27.4. The highest BCUT2D eigenvalue weighted by Crippen LogP contribution is 1.97. The molecule has 1 aliphatic heterocycles. The van der Waals surface area contributed by atoms with Gasteiger partial charge < -0.3 is 15.7 Å². The lowest BCUT2D eigenvalue weighted by Gasteiger charge is -2.25. The van der Waals surface area contributed by atoms with Crippen LogP contribution in [0.5, 0.6) is 0 Å². The number of aliphatic hydroxyl groups excluding tert-OH is 1. The lowest BCUT2D eigenvalue weighted by Crippen LogP contribution is -2.57. The number of carbonyl (C=O) groups excluding carboxylic acids is 1. The lowest BCUT2D eigenvalue weighted by molar-refractivity contribution is -0.126. The van der Waals surface area contributed by atoms with Crippen LogP contribution in [0.3, 0.4) is 0 Å². The first-order valence-corrected chi connectivity index (χ1v) is 3.57. The van der Waals surface area contributed by atoms with Crippen molar-refractivity contribution in [2.24, 2.45) is 0 Å². The molecule has 1 saturated heterocycles. The average Bonchev–Trinajstić information content (AvgIpc) is 2.04. The highest BCUT2D eigenvalue weighted by atomic mass is 16.3. The van der Waals surface area contributed by atoms with Crippen molar-refractivity contribution in [3.63, 3.8) is 0 Å². The van der Waals surface area contributed by atoms with Crippen LogP contribution in [0.2, 0.25) is 0 Å².